The molecule has 0 fully saturated rings. The predicted octanol–water partition coefficient (Wildman–Crippen LogP) is 4.74. The van der Waals surface area contributed by atoms with Gasteiger partial charge in [0.2, 0.25) is 0 Å². The van der Waals surface area contributed by atoms with Crippen molar-refractivity contribution < 1.29 is 9.53 Å². The zero-order chi connectivity index (χ0) is 18.8. The lowest BCUT2D eigenvalue weighted by molar-refractivity contribution is 0.0473. The predicted molar refractivity (Wildman–Crippen MR) is 104 cm³/mol. The summed E-state index contributed by atoms with van der Waals surface area (Å²) in [5, 5.41) is 0.581. The summed E-state index contributed by atoms with van der Waals surface area (Å²) in [5.41, 5.74) is 3.98. The Morgan fingerprint density at radius 1 is 1.11 bits per heavy atom. The molecule has 0 radical (unpaired) electrons. The minimum Gasteiger partial charge on any atom is -0.457 e. The summed E-state index contributed by atoms with van der Waals surface area (Å²) in [6.45, 7) is 2.07. The van der Waals surface area contributed by atoms with Gasteiger partial charge in [0.1, 0.15) is 17.9 Å². The van der Waals surface area contributed by atoms with Crippen LogP contribution in [0.2, 0.25) is 5.02 Å². The number of hydrogen-bond donors (Lipinski definition) is 0. The van der Waals surface area contributed by atoms with Crippen LogP contribution in [0.1, 0.15) is 21.7 Å². The highest BCUT2D eigenvalue weighted by molar-refractivity contribution is 6.31. The van der Waals surface area contributed by atoms with Crippen LogP contribution in [0.3, 0.4) is 0 Å². The van der Waals surface area contributed by atoms with Crippen molar-refractivity contribution in [3.8, 4) is 5.69 Å². The molecule has 2 aromatic carbocycles. The lowest BCUT2D eigenvalue weighted by Gasteiger charge is -2.09. The summed E-state index contributed by atoms with van der Waals surface area (Å²) in [5.74, 6) is 0.463. The molecule has 0 spiro atoms. The maximum Gasteiger partial charge on any atom is 0.338 e. The Balaban J connectivity index is 1.54. The second-order valence-corrected chi connectivity index (χ2v) is 6.48. The van der Waals surface area contributed by atoms with Gasteiger partial charge in [-0.25, -0.2) is 9.78 Å². The molecule has 0 atom stereocenters. The zero-order valence-electron chi connectivity index (χ0n) is 14.6. The fraction of sp³-hybridized carbons (Fsp3) is 0.0952. The monoisotopic (exact) mass is 377 g/mol. The van der Waals surface area contributed by atoms with Crippen LogP contribution in [0.5, 0.6) is 0 Å². The Bertz CT molecular complexity index is 1120. The molecule has 0 amide bonds. The SMILES string of the molecule is Cc1nc2cnccc2n1-c1ccc(C(=O)OCc2ccccc2Cl)cc1. The lowest BCUT2D eigenvalue weighted by atomic mass is 10.2. The molecule has 4 rings (SSSR count). The van der Waals surface area contributed by atoms with E-state index < -0.39 is 5.97 Å². The van der Waals surface area contributed by atoms with E-state index in [-0.39, 0.29) is 6.61 Å². The third-order valence-electron chi connectivity index (χ3n) is 4.30. The number of rotatable bonds is 4. The molecular formula is C21H16ClN3O2. The fourth-order valence-electron chi connectivity index (χ4n) is 2.97. The van der Waals surface area contributed by atoms with Gasteiger partial charge in [-0.2, -0.15) is 0 Å². The Hall–Kier alpha value is -3.18. The van der Waals surface area contributed by atoms with Gasteiger partial charge >= 0.3 is 5.97 Å². The van der Waals surface area contributed by atoms with Crippen LogP contribution < -0.4 is 0 Å². The van der Waals surface area contributed by atoms with E-state index in [2.05, 4.69) is 9.97 Å². The highest BCUT2D eigenvalue weighted by Crippen LogP contribution is 2.21. The second-order valence-electron chi connectivity index (χ2n) is 6.07. The molecule has 0 bridgehead atoms. The quantitative estimate of drug-likeness (QED) is 0.482. The lowest BCUT2D eigenvalue weighted by Crippen LogP contribution is -2.06. The summed E-state index contributed by atoms with van der Waals surface area (Å²) in [4.78, 5) is 20.9. The molecule has 0 saturated carbocycles. The van der Waals surface area contributed by atoms with E-state index in [0.717, 1.165) is 28.1 Å². The summed E-state index contributed by atoms with van der Waals surface area (Å²) in [6.07, 6.45) is 3.47. The van der Waals surface area contributed by atoms with Gasteiger partial charge in [-0.3, -0.25) is 9.55 Å². The Kier molecular flexibility index (Phi) is 4.60. The van der Waals surface area contributed by atoms with Crippen molar-refractivity contribution in [3.63, 3.8) is 0 Å². The van der Waals surface area contributed by atoms with Crippen molar-refractivity contribution in [3.05, 3.63) is 89.0 Å². The van der Waals surface area contributed by atoms with Gasteiger partial charge in [0.15, 0.2) is 0 Å². The van der Waals surface area contributed by atoms with Crippen molar-refractivity contribution in [2.75, 3.05) is 0 Å². The number of nitrogens with zero attached hydrogens (tertiary/aromatic N) is 3. The summed E-state index contributed by atoms with van der Waals surface area (Å²) < 4.78 is 7.39. The highest BCUT2D eigenvalue weighted by Gasteiger charge is 2.12. The molecule has 5 nitrogen and oxygen atoms in total. The number of imidazole rings is 1. The zero-order valence-corrected chi connectivity index (χ0v) is 15.3. The minimum atomic E-state index is -0.391. The van der Waals surface area contributed by atoms with Crippen LogP contribution >= 0.6 is 11.6 Å². The first-order valence-corrected chi connectivity index (χ1v) is 8.81. The molecule has 2 aromatic heterocycles. The Morgan fingerprint density at radius 3 is 2.67 bits per heavy atom. The van der Waals surface area contributed by atoms with Crippen LogP contribution in [0.15, 0.2) is 67.0 Å². The Morgan fingerprint density at radius 2 is 1.89 bits per heavy atom. The molecule has 2 heterocycles. The second kappa shape index (κ2) is 7.21. The minimum absolute atomic E-state index is 0.137. The number of halogens is 1. The Labute approximate surface area is 161 Å². The molecule has 27 heavy (non-hydrogen) atoms. The number of carbonyl (C=O) groups excluding carboxylic acids is 1. The van der Waals surface area contributed by atoms with E-state index in [1.54, 1.807) is 30.6 Å². The third-order valence-corrected chi connectivity index (χ3v) is 4.67. The number of pyridine rings is 1. The number of benzene rings is 2. The van der Waals surface area contributed by atoms with E-state index in [1.807, 2.05) is 47.9 Å². The van der Waals surface area contributed by atoms with E-state index in [0.29, 0.717) is 10.6 Å². The van der Waals surface area contributed by atoms with Crippen LogP contribution in [0, 0.1) is 6.92 Å². The number of fused-ring (bicyclic) bond motifs is 1. The molecule has 4 aromatic rings. The van der Waals surface area contributed by atoms with E-state index >= 15 is 0 Å². The maximum atomic E-state index is 12.3. The average Bonchev–Trinajstić information content (AvgIpc) is 3.03. The first-order valence-electron chi connectivity index (χ1n) is 8.43. The van der Waals surface area contributed by atoms with Crippen LogP contribution in [-0.2, 0) is 11.3 Å². The first-order chi connectivity index (χ1) is 13.1. The first kappa shape index (κ1) is 17.2. The van der Waals surface area contributed by atoms with Crippen LogP contribution in [-0.4, -0.2) is 20.5 Å². The van der Waals surface area contributed by atoms with Crippen molar-refractivity contribution in [2.45, 2.75) is 13.5 Å². The number of ether oxygens (including phenoxy) is 1. The van der Waals surface area contributed by atoms with Gasteiger partial charge in [0.05, 0.1) is 17.3 Å². The maximum absolute atomic E-state index is 12.3. The van der Waals surface area contributed by atoms with E-state index in [9.17, 15) is 4.79 Å². The number of hydrogen-bond acceptors (Lipinski definition) is 4. The summed E-state index contributed by atoms with van der Waals surface area (Å²) in [6, 6.07) is 16.5. The summed E-state index contributed by atoms with van der Waals surface area (Å²) >= 11 is 6.09. The molecule has 0 N–H and O–H groups in total. The van der Waals surface area contributed by atoms with Gasteiger partial charge < -0.3 is 4.74 Å². The molecule has 0 aliphatic carbocycles. The normalized spacial score (nSPS) is 10.9. The summed E-state index contributed by atoms with van der Waals surface area (Å²) in [7, 11) is 0. The molecule has 6 heteroatoms. The highest BCUT2D eigenvalue weighted by atomic mass is 35.5. The molecule has 0 unspecified atom stereocenters. The van der Waals surface area contributed by atoms with Crippen LogP contribution in [0.25, 0.3) is 16.7 Å². The van der Waals surface area contributed by atoms with Gasteiger partial charge in [-0.05, 0) is 43.3 Å². The van der Waals surface area contributed by atoms with Crippen molar-refractivity contribution >= 4 is 28.6 Å². The third kappa shape index (κ3) is 3.41. The molecule has 0 aliphatic heterocycles. The molecule has 0 aliphatic rings. The van der Waals surface area contributed by atoms with Crippen molar-refractivity contribution in [2.24, 2.45) is 0 Å². The number of aryl methyl sites for hydroxylation is 1. The topological polar surface area (TPSA) is 57.0 Å². The van der Waals surface area contributed by atoms with E-state index in [4.69, 9.17) is 16.3 Å². The van der Waals surface area contributed by atoms with Crippen molar-refractivity contribution in [1.82, 2.24) is 14.5 Å². The molecule has 134 valence electrons. The largest absolute Gasteiger partial charge is 0.457 e. The van der Waals surface area contributed by atoms with Gasteiger partial charge in [0, 0.05) is 22.5 Å². The van der Waals surface area contributed by atoms with E-state index in [1.165, 1.54) is 0 Å². The van der Waals surface area contributed by atoms with Gasteiger partial charge in [-0.1, -0.05) is 29.8 Å². The number of carbonyl (C=O) groups is 1. The van der Waals surface area contributed by atoms with Crippen molar-refractivity contribution in [1.29, 1.82) is 0 Å². The van der Waals surface area contributed by atoms with Crippen LogP contribution in [0.4, 0.5) is 0 Å². The fourth-order valence-corrected chi connectivity index (χ4v) is 3.16. The van der Waals surface area contributed by atoms with Gasteiger partial charge in [-0.15, -0.1) is 0 Å². The smallest absolute Gasteiger partial charge is 0.338 e. The number of esters is 1. The average molecular weight is 378 g/mol. The number of aromatic nitrogens is 3. The standard InChI is InChI=1S/C21H16ClN3O2/c1-14-24-19-12-23-11-10-20(19)25(14)17-8-6-15(7-9-17)21(26)27-13-16-4-2-3-5-18(16)22/h2-12H,13H2,1H3. The molecular weight excluding hydrogens is 362 g/mol. The van der Waals surface area contributed by atoms with Gasteiger partial charge in [0.25, 0.3) is 0 Å². The molecule has 0 saturated heterocycles.